The second-order valence-corrected chi connectivity index (χ2v) is 6.23. The predicted octanol–water partition coefficient (Wildman–Crippen LogP) is 4.13. The van der Waals surface area contributed by atoms with Crippen LogP contribution in [0.5, 0.6) is 0 Å². The summed E-state index contributed by atoms with van der Waals surface area (Å²) in [7, 11) is 0. The van der Waals surface area contributed by atoms with Crippen molar-refractivity contribution < 1.29 is 8.81 Å². The molecule has 0 bridgehead atoms. The van der Waals surface area contributed by atoms with E-state index in [1.807, 2.05) is 0 Å². The first kappa shape index (κ1) is 14.2. The van der Waals surface area contributed by atoms with Crippen LogP contribution in [0.15, 0.2) is 33.4 Å². The SMILES string of the molecule is CC(C)(C)NCc1coc(-c2ccc(F)c(Br)c2)n1. The monoisotopic (exact) mass is 326 g/mol. The molecule has 2 rings (SSSR count). The number of benzene rings is 1. The molecule has 0 fully saturated rings. The standard InChI is InChI=1S/C14H16BrFN2O/c1-14(2,3)17-7-10-8-19-13(18-10)9-4-5-12(16)11(15)6-9/h4-6,8,17H,7H2,1-3H3. The van der Waals surface area contributed by atoms with Crippen LogP contribution >= 0.6 is 15.9 Å². The van der Waals surface area contributed by atoms with Gasteiger partial charge in [0.25, 0.3) is 0 Å². The van der Waals surface area contributed by atoms with Crippen molar-refractivity contribution in [2.24, 2.45) is 0 Å². The van der Waals surface area contributed by atoms with Crippen LogP contribution in [0.2, 0.25) is 0 Å². The highest BCUT2D eigenvalue weighted by Gasteiger charge is 2.12. The molecule has 0 aliphatic carbocycles. The molecule has 1 heterocycles. The van der Waals surface area contributed by atoms with Crippen molar-refractivity contribution in [3.05, 3.63) is 40.4 Å². The Morgan fingerprint density at radius 2 is 2.11 bits per heavy atom. The summed E-state index contributed by atoms with van der Waals surface area (Å²) < 4.78 is 19.0. The molecule has 0 saturated carbocycles. The van der Waals surface area contributed by atoms with Gasteiger partial charge in [-0.2, -0.15) is 0 Å². The van der Waals surface area contributed by atoms with E-state index in [-0.39, 0.29) is 11.4 Å². The second kappa shape index (κ2) is 5.43. The van der Waals surface area contributed by atoms with Crippen molar-refractivity contribution in [1.82, 2.24) is 10.3 Å². The largest absolute Gasteiger partial charge is 0.444 e. The predicted molar refractivity (Wildman–Crippen MR) is 76.2 cm³/mol. The maximum atomic E-state index is 13.2. The Kier molecular flexibility index (Phi) is 4.06. The smallest absolute Gasteiger partial charge is 0.226 e. The molecule has 1 aromatic carbocycles. The van der Waals surface area contributed by atoms with E-state index in [4.69, 9.17) is 4.42 Å². The molecule has 3 nitrogen and oxygen atoms in total. The van der Waals surface area contributed by atoms with Gasteiger partial charge in [-0.05, 0) is 54.9 Å². The Morgan fingerprint density at radius 1 is 1.37 bits per heavy atom. The third-order valence-electron chi connectivity index (χ3n) is 2.52. The van der Waals surface area contributed by atoms with Crippen molar-refractivity contribution >= 4 is 15.9 Å². The summed E-state index contributed by atoms with van der Waals surface area (Å²) in [6.07, 6.45) is 1.62. The summed E-state index contributed by atoms with van der Waals surface area (Å²) in [6.45, 7) is 6.90. The van der Waals surface area contributed by atoms with Gasteiger partial charge in [0.2, 0.25) is 5.89 Å². The highest BCUT2D eigenvalue weighted by atomic mass is 79.9. The number of halogens is 2. The molecule has 0 spiro atoms. The average Bonchev–Trinajstić information content (AvgIpc) is 2.78. The van der Waals surface area contributed by atoms with Gasteiger partial charge in [0.1, 0.15) is 12.1 Å². The van der Waals surface area contributed by atoms with E-state index < -0.39 is 0 Å². The van der Waals surface area contributed by atoms with E-state index >= 15 is 0 Å². The summed E-state index contributed by atoms with van der Waals surface area (Å²) >= 11 is 3.15. The zero-order chi connectivity index (χ0) is 14.0. The van der Waals surface area contributed by atoms with Crippen LogP contribution in [0, 0.1) is 5.82 Å². The Balaban J connectivity index is 2.14. The fraction of sp³-hybridized carbons (Fsp3) is 0.357. The van der Waals surface area contributed by atoms with Crippen LogP contribution in [0.4, 0.5) is 4.39 Å². The van der Waals surface area contributed by atoms with Crippen LogP contribution < -0.4 is 5.32 Å². The number of aromatic nitrogens is 1. The third kappa shape index (κ3) is 3.88. The van der Waals surface area contributed by atoms with E-state index in [2.05, 4.69) is 47.0 Å². The lowest BCUT2D eigenvalue weighted by molar-refractivity contribution is 0.421. The first-order valence-electron chi connectivity index (χ1n) is 6.00. The lowest BCUT2D eigenvalue weighted by Gasteiger charge is -2.19. The van der Waals surface area contributed by atoms with Crippen LogP contribution in [0.1, 0.15) is 26.5 Å². The first-order chi connectivity index (χ1) is 8.85. The molecule has 0 amide bonds. The summed E-state index contributed by atoms with van der Waals surface area (Å²) in [6, 6.07) is 4.69. The van der Waals surface area contributed by atoms with Gasteiger partial charge < -0.3 is 9.73 Å². The molecule has 2 aromatic rings. The van der Waals surface area contributed by atoms with Crippen molar-refractivity contribution in [3.63, 3.8) is 0 Å². The van der Waals surface area contributed by atoms with Crippen molar-refractivity contribution in [2.45, 2.75) is 32.9 Å². The van der Waals surface area contributed by atoms with Crippen LogP contribution in [0.3, 0.4) is 0 Å². The minimum absolute atomic E-state index is 0.0258. The first-order valence-corrected chi connectivity index (χ1v) is 6.79. The zero-order valence-electron chi connectivity index (χ0n) is 11.1. The summed E-state index contributed by atoms with van der Waals surface area (Å²) in [5.74, 6) is 0.191. The Hall–Kier alpha value is -1.20. The van der Waals surface area contributed by atoms with Gasteiger partial charge in [-0.15, -0.1) is 0 Å². The van der Waals surface area contributed by atoms with Crippen LogP contribution in [-0.4, -0.2) is 10.5 Å². The van der Waals surface area contributed by atoms with Gasteiger partial charge in [-0.3, -0.25) is 0 Å². The molecule has 0 unspecified atom stereocenters. The maximum absolute atomic E-state index is 13.2. The molecule has 19 heavy (non-hydrogen) atoms. The fourth-order valence-corrected chi connectivity index (χ4v) is 1.88. The lowest BCUT2D eigenvalue weighted by atomic mass is 10.1. The second-order valence-electron chi connectivity index (χ2n) is 5.38. The minimum Gasteiger partial charge on any atom is -0.444 e. The van der Waals surface area contributed by atoms with Gasteiger partial charge in [-0.1, -0.05) is 0 Å². The average molecular weight is 327 g/mol. The molecule has 1 N–H and O–H groups in total. The molecule has 0 aliphatic rings. The van der Waals surface area contributed by atoms with Gasteiger partial charge >= 0.3 is 0 Å². The van der Waals surface area contributed by atoms with Crippen LogP contribution in [0.25, 0.3) is 11.5 Å². The van der Waals surface area contributed by atoms with Crippen LogP contribution in [-0.2, 0) is 6.54 Å². The number of oxazole rings is 1. The van der Waals surface area contributed by atoms with E-state index in [9.17, 15) is 4.39 Å². The van der Waals surface area contributed by atoms with Crippen molar-refractivity contribution in [1.29, 1.82) is 0 Å². The molecule has 1 aromatic heterocycles. The number of hydrogen-bond acceptors (Lipinski definition) is 3. The molecule has 0 radical (unpaired) electrons. The molecular weight excluding hydrogens is 311 g/mol. The topological polar surface area (TPSA) is 38.1 Å². The quantitative estimate of drug-likeness (QED) is 0.921. The summed E-state index contributed by atoms with van der Waals surface area (Å²) in [5, 5.41) is 3.33. The van der Waals surface area contributed by atoms with Gasteiger partial charge in [0.05, 0.1) is 10.2 Å². The van der Waals surface area contributed by atoms with Gasteiger partial charge in [0.15, 0.2) is 0 Å². The molecule has 0 aliphatic heterocycles. The number of hydrogen-bond donors (Lipinski definition) is 1. The van der Waals surface area contributed by atoms with E-state index in [1.165, 1.54) is 6.07 Å². The fourth-order valence-electron chi connectivity index (χ4n) is 1.51. The van der Waals surface area contributed by atoms with Crippen molar-refractivity contribution in [3.8, 4) is 11.5 Å². The maximum Gasteiger partial charge on any atom is 0.226 e. The Bertz CT molecular complexity index is 575. The third-order valence-corrected chi connectivity index (χ3v) is 3.13. The molecule has 102 valence electrons. The molecule has 0 atom stereocenters. The molecule has 0 saturated heterocycles. The Morgan fingerprint density at radius 3 is 2.74 bits per heavy atom. The van der Waals surface area contributed by atoms with E-state index in [0.29, 0.717) is 16.9 Å². The summed E-state index contributed by atoms with van der Waals surface area (Å²) in [5.41, 5.74) is 1.60. The number of nitrogens with zero attached hydrogens (tertiary/aromatic N) is 1. The summed E-state index contributed by atoms with van der Waals surface area (Å²) in [4.78, 5) is 4.38. The number of rotatable bonds is 3. The Labute approximate surface area is 120 Å². The van der Waals surface area contributed by atoms with Crippen molar-refractivity contribution in [2.75, 3.05) is 0 Å². The number of nitrogens with one attached hydrogen (secondary N) is 1. The highest BCUT2D eigenvalue weighted by Crippen LogP contribution is 2.24. The highest BCUT2D eigenvalue weighted by molar-refractivity contribution is 9.10. The normalized spacial score (nSPS) is 11.8. The molecular formula is C14H16BrFN2O. The van der Waals surface area contributed by atoms with Gasteiger partial charge in [-0.25, -0.2) is 9.37 Å². The van der Waals surface area contributed by atoms with E-state index in [1.54, 1.807) is 18.4 Å². The van der Waals surface area contributed by atoms with Gasteiger partial charge in [0, 0.05) is 17.6 Å². The lowest BCUT2D eigenvalue weighted by Crippen LogP contribution is -2.35. The minimum atomic E-state index is -0.301. The zero-order valence-corrected chi connectivity index (χ0v) is 12.7. The van der Waals surface area contributed by atoms with E-state index in [0.717, 1.165) is 11.3 Å². The molecule has 5 heteroatoms.